The number of aryl methyl sites for hydroxylation is 1. The maximum absolute atomic E-state index is 13.1. The Morgan fingerprint density at radius 3 is 2.36 bits per heavy atom. The highest BCUT2D eigenvalue weighted by Crippen LogP contribution is 2.70. The van der Waals surface area contributed by atoms with E-state index in [9.17, 15) is 9.00 Å². The van der Waals surface area contributed by atoms with E-state index in [1.165, 1.54) is 0 Å². The van der Waals surface area contributed by atoms with Crippen molar-refractivity contribution < 1.29 is 18.8 Å². The molecule has 2 unspecified atom stereocenters. The predicted molar refractivity (Wildman–Crippen MR) is 97.2 cm³/mol. The molecule has 0 spiro atoms. The highest BCUT2D eigenvalue weighted by atomic mass is 35.5. The molecular weight excluding hydrogens is 360 g/mol. The van der Waals surface area contributed by atoms with Crippen LogP contribution in [0.4, 0.5) is 4.79 Å². The lowest BCUT2D eigenvalue weighted by atomic mass is 9.94. The summed E-state index contributed by atoms with van der Waals surface area (Å²) in [5.74, 6) is 0. The largest absolute Gasteiger partial charge is 0.506 e. The summed E-state index contributed by atoms with van der Waals surface area (Å²) in [5, 5.41) is 9.15. The zero-order chi connectivity index (χ0) is 18.2. The number of rotatable bonds is 5. The molecule has 0 aliphatic heterocycles. The topological polar surface area (TPSA) is 63.6 Å². The first kappa shape index (κ1) is 18.0. The molecule has 0 amide bonds. The molecule has 1 saturated carbocycles. The second-order valence-corrected chi connectivity index (χ2v) is 9.15. The van der Waals surface area contributed by atoms with Crippen LogP contribution in [0.2, 0.25) is 0 Å². The van der Waals surface area contributed by atoms with Gasteiger partial charge in [-0.2, -0.15) is 0 Å². The van der Waals surface area contributed by atoms with Crippen molar-refractivity contribution in [3.05, 3.63) is 65.7 Å². The Kier molecular flexibility index (Phi) is 4.64. The summed E-state index contributed by atoms with van der Waals surface area (Å²) in [5.41, 5.74) is 1.01. The van der Waals surface area contributed by atoms with E-state index in [2.05, 4.69) is 0 Å². The maximum Gasteiger partial charge on any atom is 0.506 e. The fraction of sp³-hybridized carbons (Fsp3) is 0.316. The van der Waals surface area contributed by atoms with Gasteiger partial charge in [-0.05, 0) is 31.0 Å². The summed E-state index contributed by atoms with van der Waals surface area (Å²) >= 11 is 6.73. The summed E-state index contributed by atoms with van der Waals surface area (Å²) in [7, 11) is -1.48. The van der Waals surface area contributed by atoms with Crippen LogP contribution in [0.1, 0.15) is 30.6 Å². The van der Waals surface area contributed by atoms with Gasteiger partial charge in [-0.15, -0.1) is 11.6 Å². The number of halogens is 1. The molecule has 3 rings (SSSR count). The van der Waals surface area contributed by atoms with Crippen LogP contribution >= 0.6 is 11.6 Å². The van der Waals surface area contributed by atoms with Gasteiger partial charge in [0.2, 0.25) is 0 Å². The lowest BCUT2D eigenvalue weighted by Crippen LogP contribution is -2.27. The molecule has 1 N–H and O–H groups in total. The number of alkyl halides is 1. The number of hydrogen-bond donors (Lipinski definition) is 1. The summed E-state index contributed by atoms with van der Waals surface area (Å²) in [6, 6.07) is 16.4. The molecule has 4 atom stereocenters. The van der Waals surface area contributed by atoms with E-state index >= 15 is 0 Å². The maximum atomic E-state index is 13.1. The summed E-state index contributed by atoms with van der Waals surface area (Å²) in [4.78, 5) is 11.8. The van der Waals surface area contributed by atoms with E-state index in [4.69, 9.17) is 21.4 Å². The minimum absolute atomic E-state index is 0.398. The van der Waals surface area contributed by atoms with Crippen LogP contribution in [0.5, 0.6) is 0 Å². The normalized spacial score (nSPS) is 27.3. The standard InChI is InChI=1S/C19H19ClO4S/c1-13-8-10-15(11-9-13)25(23)19(20)12-18(19,2)16(24-17(21)22)14-6-4-3-5-7-14/h3-11,16H,12H2,1-2H3,(H,21,22)/t16?,18-,19-,25?/m1/s1. The molecule has 0 radical (unpaired) electrons. The Labute approximate surface area is 154 Å². The van der Waals surface area contributed by atoms with Gasteiger partial charge in [0, 0.05) is 10.3 Å². The summed E-state index contributed by atoms with van der Waals surface area (Å²) in [6.45, 7) is 3.78. The lowest BCUT2D eigenvalue weighted by Gasteiger charge is -2.26. The summed E-state index contributed by atoms with van der Waals surface area (Å²) < 4.78 is 17.1. The van der Waals surface area contributed by atoms with Crippen molar-refractivity contribution in [2.45, 2.75) is 35.5 Å². The fourth-order valence-electron chi connectivity index (χ4n) is 3.14. The highest BCUT2D eigenvalue weighted by molar-refractivity contribution is 7.88. The molecule has 4 nitrogen and oxygen atoms in total. The third kappa shape index (κ3) is 3.18. The van der Waals surface area contributed by atoms with Gasteiger partial charge in [0.05, 0.1) is 10.8 Å². The van der Waals surface area contributed by atoms with Gasteiger partial charge < -0.3 is 9.84 Å². The summed E-state index contributed by atoms with van der Waals surface area (Å²) in [6.07, 6.45) is -1.75. The Morgan fingerprint density at radius 2 is 1.80 bits per heavy atom. The molecule has 0 aromatic heterocycles. The molecule has 1 aliphatic rings. The van der Waals surface area contributed by atoms with Crippen LogP contribution in [0.15, 0.2) is 59.5 Å². The van der Waals surface area contributed by atoms with Crippen LogP contribution in [-0.4, -0.2) is 19.7 Å². The number of hydrogen-bond acceptors (Lipinski definition) is 3. The molecule has 0 heterocycles. The van der Waals surface area contributed by atoms with Crippen molar-refractivity contribution >= 4 is 28.6 Å². The molecule has 1 fully saturated rings. The smallest absolute Gasteiger partial charge is 0.450 e. The third-order valence-corrected chi connectivity index (χ3v) is 7.64. The van der Waals surface area contributed by atoms with E-state index in [-0.39, 0.29) is 0 Å². The molecule has 2 aromatic carbocycles. The van der Waals surface area contributed by atoms with Crippen LogP contribution < -0.4 is 0 Å². The number of benzene rings is 2. The molecule has 0 bridgehead atoms. The second kappa shape index (κ2) is 6.46. The quantitative estimate of drug-likeness (QED) is 0.594. The van der Waals surface area contributed by atoms with Gasteiger partial charge in [-0.3, -0.25) is 4.21 Å². The van der Waals surface area contributed by atoms with E-state index in [0.29, 0.717) is 16.9 Å². The van der Waals surface area contributed by atoms with Crippen molar-refractivity contribution in [3.8, 4) is 0 Å². The third-order valence-electron chi connectivity index (χ3n) is 4.75. The zero-order valence-electron chi connectivity index (χ0n) is 13.9. The first-order valence-electron chi connectivity index (χ1n) is 7.90. The lowest BCUT2D eigenvalue weighted by molar-refractivity contribution is 0.0193. The van der Waals surface area contributed by atoms with Gasteiger partial charge in [-0.25, -0.2) is 4.79 Å². The average molecular weight is 379 g/mol. The van der Waals surface area contributed by atoms with E-state index in [1.54, 1.807) is 24.3 Å². The van der Waals surface area contributed by atoms with E-state index in [1.807, 2.05) is 44.2 Å². The van der Waals surface area contributed by atoms with E-state index in [0.717, 1.165) is 5.56 Å². The zero-order valence-corrected chi connectivity index (χ0v) is 15.5. The van der Waals surface area contributed by atoms with Crippen molar-refractivity contribution in [2.75, 3.05) is 0 Å². The fourth-order valence-corrected chi connectivity index (χ4v) is 5.50. The average Bonchev–Trinajstić information content (AvgIpc) is 3.17. The van der Waals surface area contributed by atoms with E-state index < -0.39 is 32.7 Å². The second-order valence-electron chi connectivity index (χ2n) is 6.58. The molecule has 132 valence electrons. The Morgan fingerprint density at radius 1 is 1.20 bits per heavy atom. The Bertz CT molecular complexity index is 808. The predicted octanol–water partition coefficient (Wildman–Crippen LogP) is 4.88. The minimum Gasteiger partial charge on any atom is -0.450 e. The van der Waals surface area contributed by atoms with Gasteiger partial charge in [-0.1, -0.05) is 55.0 Å². The van der Waals surface area contributed by atoms with Crippen LogP contribution in [0.3, 0.4) is 0 Å². The van der Waals surface area contributed by atoms with Crippen molar-refractivity contribution in [3.63, 3.8) is 0 Å². The van der Waals surface area contributed by atoms with Crippen molar-refractivity contribution in [2.24, 2.45) is 5.41 Å². The van der Waals surface area contributed by atoms with Crippen LogP contribution in [-0.2, 0) is 15.5 Å². The van der Waals surface area contributed by atoms with Crippen LogP contribution in [0, 0.1) is 12.3 Å². The van der Waals surface area contributed by atoms with Gasteiger partial charge in [0.1, 0.15) is 10.3 Å². The van der Waals surface area contributed by atoms with Gasteiger partial charge in [0.25, 0.3) is 0 Å². The molecule has 1 aliphatic carbocycles. The van der Waals surface area contributed by atoms with Crippen LogP contribution in [0.25, 0.3) is 0 Å². The van der Waals surface area contributed by atoms with Gasteiger partial charge >= 0.3 is 6.16 Å². The first-order valence-corrected chi connectivity index (χ1v) is 9.43. The minimum atomic E-state index is -1.48. The molecule has 25 heavy (non-hydrogen) atoms. The highest BCUT2D eigenvalue weighted by Gasteiger charge is 2.72. The number of carbonyl (C=O) groups is 1. The molecule has 0 saturated heterocycles. The number of carboxylic acid groups (broad SMARTS) is 1. The molecule has 2 aromatic rings. The molecular formula is C19H19ClO4S. The SMILES string of the molecule is Cc1ccc(S(=O)[C@]2(Cl)C[C@]2(C)C(OC(=O)O)c2ccccc2)cc1. The Hall–Kier alpha value is -1.85. The Balaban J connectivity index is 1.93. The van der Waals surface area contributed by atoms with Gasteiger partial charge in [0.15, 0.2) is 0 Å². The molecule has 6 heteroatoms. The first-order chi connectivity index (χ1) is 11.8. The van der Waals surface area contributed by atoms with Crippen molar-refractivity contribution in [1.82, 2.24) is 0 Å². The number of ether oxygens (including phenoxy) is 1. The van der Waals surface area contributed by atoms with Crippen molar-refractivity contribution in [1.29, 1.82) is 0 Å². The monoisotopic (exact) mass is 378 g/mol.